The molecule has 1 aliphatic carbocycles. The van der Waals surface area contributed by atoms with Gasteiger partial charge in [0.05, 0.1) is 6.61 Å². The van der Waals surface area contributed by atoms with Crippen molar-refractivity contribution < 1.29 is 9.47 Å². The minimum absolute atomic E-state index is 0.397. The number of rotatable bonds is 5. The zero-order valence-corrected chi connectivity index (χ0v) is 11.1. The fraction of sp³-hybridized carbons (Fsp3) is 0.538. The molecule has 0 heterocycles. The Balaban J connectivity index is 1.82. The van der Waals surface area contributed by atoms with Crippen molar-refractivity contribution in [2.45, 2.75) is 30.2 Å². The van der Waals surface area contributed by atoms with E-state index >= 15 is 0 Å². The molecule has 0 aliphatic heterocycles. The van der Waals surface area contributed by atoms with E-state index in [-0.39, 0.29) is 0 Å². The highest BCUT2D eigenvalue weighted by atomic mass is 79.9. The number of methoxy groups -OCH3 is 1. The van der Waals surface area contributed by atoms with Crippen LogP contribution in [0.1, 0.15) is 18.4 Å². The highest BCUT2D eigenvalue weighted by Gasteiger charge is 2.28. The maximum atomic E-state index is 5.82. The SMILES string of the molecule is COCCc1ccc(OC2CC(Br)C2)cc1. The minimum atomic E-state index is 0.397. The Morgan fingerprint density at radius 1 is 1.25 bits per heavy atom. The minimum Gasteiger partial charge on any atom is -0.490 e. The normalized spacial score (nSPS) is 23.9. The van der Waals surface area contributed by atoms with Crippen LogP contribution in [0, 0.1) is 0 Å². The van der Waals surface area contributed by atoms with Gasteiger partial charge in [-0.15, -0.1) is 0 Å². The molecular formula is C13H17BrO2. The number of alkyl halides is 1. The van der Waals surface area contributed by atoms with E-state index in [4.69, 9.17) is 9.47 Å². The Morgan fingerprint density at radius 3 is 2.50 bits per heavy atom. The van der Waals surface area contributed by atoms with Crippen LogP contribution < -0.4 is 4.74 Å². The Labute approximate surface area is 105 Å². The molecule has 0 amide bonds. The van der Waals surface area contributed by atoms with Gasteiger partial charge in [-0.2, -0.15) is 0 Å². The molecule has 0 aromatic heterocycles. The molecule has 1 aromatic carbocycles. The summed E-state index contributed by atoms with van der Waals surface area (Å²) in [4.78, 5) is 0.651. The monoisotopic (exact) mass is 284 g/mol. The first-order valence-electron chi connectivity index (χ1n) is 5.66. The summed E-state index contributed by atoms with van der Waals surface area (Å²) in [5.41, 5.74) is 1.29. The molecule has 88 valence electrons. The van der Waals surface area contributed by atoms with Crippen molar-refractivity contribution in [3.05, 3.63) is 29.8 Å². The quantitative estimate of drug-likeness (QED) is 0.774. The zero-order chi connectivity index (χ0) is 11.4. The van der Waals surface area contributed by atoms with E-state index in [1.165, 1.54) is 5.56 Å². The van der Waals surface area contributed by atoms with Gasteiger partial charge in [0.25, 0.3) is 0 Å². The number of ether oxygens (including phenoxy) is 2. The fourth-order valence-electron chi connectivity index (χ4n) is 1.74. The second kappa shape index (κ2) is 5.69. The van der Waals surface area contributed by atoms with Crippen molar-refractivity contribution in [1.29, 1.82) is 0 Å². The lowest BCUT2D eigenvalue weighted by Crippen LogP contribution is -2.33. The topological polar surface area (TPSA) is 18.5 Å². The number of hydrogen-bond acceptors (Lipinski definition) is 2. The van der Waals surface area contributed by atoms with Crippen LogP contribution in [-0.2, 0) is 11.2 Å². The van der Waals surface area contributed by atoms with Gasteiger partial charge in [-0.25, -0.2) is 0 Å². The summed E-state index contributed by atoms with van der Waals surface area (Å²) in [6, 6.07) is 8.32. The maximum absolute atomic E-state index is 5.82. The van der Waals surface area contributed by atoms with E-state index in [0.717, 1.165) is 31.6 Å². The van der Waals surface area contributed by atoms with Crippen molar-refractivity contribution in [3.63, 3.8) is 0 Å². The van der Waals surface area contributed by atoms with E-state index in [9.17, 15) is 0 Å². The van der Waals surface area contributed by atoms with Crippen molar-refractivity contribution in [1.82, 2.24) is 0 Å². The molecule has 1 aromatic rings. The molecule has 2 nitrogen and oxygen atoms in total. The van der Waals surface area contributed by atoms with E-state index in [2.05, 4.69) is 28.1 Å². The summed E-state index contributed by atoms with van der Waals surface area (Å²) in [6.07, 6.45) is 3.59. The summed E-state index contributed by atoms with van der Waals surface area (Å²) < 4.78 is 10.9. The molecule has 2 rings (SSSR count). The van der Waals surface area contributed by atoms with Crippen LogP contribution in [0.5, 0.6) is 5.75 Å². The van der Waals surface area contributed by atoms with Gasteiger partial charge in [0.2, 0.25) is 0 Å². The third kappa shape index (κ3) is 3.22. The van der Waals surface area contributed by atoms with Gasteiger partial charge in [0.15, 0.2) is 0 Å². The maximum Gasteiger partial charge on any atom is 0.119 e. The average molecular weight is 285 g/mol. The second-order valence-electron chi connectivity index (χ2n) is 4.20. The summed E-state index contributed by atoms with van der Waals surface area (Å²) in [5.74, 6) is 0.977. The van der Waals surface area contributed by atoms with Crippen LogP contribution in [0.15, 0.2) is 24.3 Å². The third-order valence-corrected chi connectivity index (χ3v) is 3.61. The average Bonchev–Trinajstić information content (AvgIpc) is 2.26. The van der Waals surface area contributed by atoms with Gasteiger partial charge in [-0.3, -0.25) is 0 Å². The summed E-state index contributed by atoms with van der Waals surface area (Å²) in [6.45, 7) is 0.772. The summed E-state index contributed by atoms with van der Waals surface area (Å²) in [5, 5.41) is 0. The first kappa shape index (κ1) is 11.9. The van der Waals surface area contributed by atoms with Crippen LogP contribution in [0.3, 0.4) is 0 Å². The molecule has 16 heavy (non-hydrogen) atoms. The second-order valence-corrected chi connectivity index (χ2v) is 5.49. The fourth-order valence-corrected chi connectivity index (χ4v) is 2.58. The van der Waals surface area contributed by atoms with E-state index in [0.29, 0.717) is 10.9 Å². The number of hydrogen-bond donors (Lipinski definition) is 0. The van der Waals surface area contributed by atoms with Crippen molar-refractivity contribution in [3.8, 4) is 5.75 Å². The van der Waals surface area contributed by atoms with Crippen LogP contribution in [0.4, 0.5) is 0 Å². The van der Waals surface area contributed by atoms with Crippen LogP contribution >= 0.6 is 15.9 Å². The Hall–Kier alpha value is -0.540. The van der Waals surface area contributed by atoms with Gasteiger partial charge in [0, 0.05) is 11.9 Å². The molecule has 0 spiro atoms. The number of halogens is 1. The standard InChI is InChI=1S/C13H17BrO2/c1-15-7-6-10-2-4-12(5-3-10)16-13-8-11(14)9-13/h2-5,11,13H,6-9H2,1H3. The first-order valence-corrected chi connectivity index (χ1v) is 6.58. The Kier molecular flexibility index (Phi) is 4.24. The van der Waals surface area contributed by atoms with E-state index in [1.54, 1.807) is 7.11 Å². The highest BCUT2D eigenvalue weighted by molar-refractivity contribution is 9.09. The molecule has 0 atom stereocenters. The van der Waals surface area contributed by atoms with Gasteiger partial charge >= 0.3 is 0 Å². The number of benzene rings is 1. The Bertz CT molecular complexity index is 317. The summed E-state index contributed by atoms with van der Waals surface area (Å²) in [7, 11) is 1.73. The van der Waals surface area contributed by atoms with Crippen molar-refractivity contribution in [2.24, 2.45) is 0 Å². The molecule has 1 fully saturated rings. The first-order chi connectivity index (χ1) is 7.78. The molecule has 0 radical (unpaired) electrons. The van der Waals surface area contributed by atoms with Gasteiger partial charge in [0.1, 0.15) is 11.9 Å². The van der Waals surface area contributed by atoms with E-state index < -0.39 is 0 Å². The smallest absolute Gasteiger partial charge is 0.119 e. The lowest BCUT2D eigenvalue weighted by Gasteiger charge is -2.31. The molecule has 1 aliphatic rings. The summed E-state index contributed by atoms with van der Waals surface area (Å²) >= 11 is 3.56. The molecule has 0 bridgehead atoms. The molecule has 0 N–H and O–H groups in total. The largest absolute Gasteiger partial charge is 0.490 e. The van der Waals surface area contributed by atoms with Gasteiger partial charge in [-0.1, -0.05) is 28.1 Å². The van der Waals surface area contributed by atoms with Crippen LogP contribution in [-0.4, -0.2) is 24.6 Å². The van der Waals surface area contributed by atoms with E-state index in [1.807, 2.05) is 12.1 Å². The lowest BCUT2D eigenvalue weighted by molar-refractivity contribution is 0.128. The molecule has 0 saturated heterocycles. The van der Waals surface area contributed by atoms with Gasteiger partial charge < -0.3 is 9.47 Å². The molecular weight excluding hydrogens is 268 g/mol. The molecule has 3 heteroatoms. The van der Waals surface area contributed by atoms with Crippen LogP contribution in [0.25, 0.3) is 0 Å². The highest BCUT2D eigenvalue weighted by Crippen LogP contribution is 2.31. The zero-order valence-electron chi connectivity index (χ0n) is 9.49. The predicted molar refractivity (Wildman–Crippen MR) is 68.4 cm³/mol. The van der Waals surface area contributed by atoms with Crippen LogP contribution in [0.2, 0.25) is 0 Å². The Morgan fingerprint density at radius 2 is 1.94 bits per heavy atom. The van der Waals surface area contributed by atoms with Crippen molar-refractivity contribution in [2.75, 3.05) is 13.7 Å². The van der Waals surface area contributed by atoms with Gasteiger partial charge in [-0.05, 0) is 37.0 Å². The van der Waals surface area contributed by atoms with Crippen molar-refractivity contribution >= 4 is 15.9 Å². The third-order valence-electron chi connectivity index (χ3n) is 2.86. The predicted octanol–water partition coefficient (Wildman–Crippen LogP) is 3.18. The lowest BCUT2D eigenvalue weighted by atomic mass is 9.96. The molecule has 1 saturated carbocycles. The molecule has 0 unspecified atom stereocenters.